The van der Waals surface area contributed by atoms with Crippen LogP contribution in [0.4, 0.5) is 5.69 Å². The monoisotopic (exact) mass is 233 g/mol. The van der Waals surface area contributed by atoms with E-state index < -0.39 is 0 Å². The van der Waals surface area contributed by atoms with Gasteiger partial charge in [0, 0.05) is 18.3 Å². The molecular weight excluding hydrogens is 214 g/mol. The number of nitrogens with one attached hydrogen (secondary N) is 1. The smallest absolute Gasteiger partial charge is 0.330 e. The second-order valence-corrected chi connectivity index (χ2v) is 3.85. The average Bonchev–Trinajstić information content (AvgIpc) is 2.27. The summed E-state index contributed by atoms with van der Waals surface area (Å²) in [5.74, 6) is -0.296. The van der Waals surface area contributed by atoms with Crippen molar-refractivity contribution in [1.82, 2.24) is 0 Å². The van der Waals surface area contributed by atoms with Gasteiger partial charge < -0.3 is 10.1 Å². The maximum absolute atomic E-state index is 11.0. The molecule has 3 heteroatoms. The third kappa shape index (κ3) is 4.72. The van der Waals surface area contributed by atoms with Crippen LogP contribution in [0.25, 0.3) is 0 Å². The summed E-state index contributed by atoms with van der Waals surface area (Å²) in [6.07, 6.45) is 3.21. The lowest BCUT2D eigenvalue weighted by Gasteiger charge is -2.07. The summed E-state index contributed by atoms with van der Waals surface area (Å²) in [5, 5.41) is 3.24. The van der Waals surface area contributed by atoms with Crippen molar-refractivity contribution in [2.75, 3.05) is 18.5 Å². The van der Waals surface area contributed by atoms with Gasteiger partial charge in [-0.15, -0.1) is 0 Å². The van der Waals surface area contributed by atoms with E-state index in [0.29, 0.717) is 13.2 Å². The fraction of sp³-hybridized carbons (Fsp3) is 0.357. The summed E-state index contributed by atoms with van der Waals surface area (Å²) in [7, 11) is 0. The molecule has 0 aromatic heterocycles. The van der Waals surface area contributed by atoms with Crippen LogP contribution in [-0.2, 0) is 9.53 Å². The zero-order chi connectivity index (χ0) is 12.7. The molecule has 0 amide bonds. The lowest BCUT2D eigenvalue weighted by molar-refractivity contribution is -0.137. The van der Waals surface area contributed by atoms with E-state index in [-0.39, 0.29) is 5.97 Å². The lowest BCUT2D eigenvalue weighted by Crippen LogP contribution is -2.03. The zero-order valence-corrected chi connectivity index (χ0v) is 10.6. The van der Waals surface area contributed by atoms with Gasteiger partial charge in [-0.3, -0.25) is 0 Å². The van der Waals surface area contributed by atoms with E-state index in [1.54, 1.807) is 13.0 Å². The molecule has 1 aromatic rings. The summed E-state index contributed by atoms with van der Waals surface area (Å²) in [5.41, 5.74) is 3.54. The van der Waals surface area contributed by atoms with E-state index in [1.165, 1.54) is 17.2 Å². The third-order valence-electron chi connectivity index (χ3n) is 2.33. The molecule has 92 valence electrons. The Hall–Kier alpha value is -1.77. The topological polar surface area (TPSA) is 38.3 Å². The molecule has 1 aromatic carbocycles. The summed E-state index contributed by atoms with van der Waals surface area (Å²) >= 11 is 0. The maximum atomic E-state index is 11.0. The minimum Gasteiger partial charge on any atom is -0.463 e. The molecule has 17 heavy (non-hydrogen) atoms. The molecule has 0 radical (unpaired) electrons. The van der Waals surface area contributed by atoms with Crippen molar-refractivity contribution in [3.8, 4) is 0 Å². The molecule has 0 bridgehead atoms. The fourth-order valence-corrected chi connectivity index (χ4v) is 1.53. The first kappa shape index (κ1) is 13.3. The quantitative estimate of drug-likeness (QED) is 0.627. The molecule has 3 nitrogen and oxygen atoms in total. The van der Waals surface area contributed by atoms with Crippen molar-refractivity contribution in [3.05, 3.63) is 41.5 Å². The molecule has 0 aliphatic carbocycles. The van der Waals surface area contributed by atoms with E-state index in [0.717, 1.165) is 5.69 Å². The van der Waals surface area contributed by atoms with Crippen LogP contribution in [0.2, 0.25) is 0 Å². The number of aryl methyl sites for hydroxylation is 2. The van der Waals surface area contributed by atoms with E-state index in [1.807, 2.05) is 6.07 Å². The van der Waals surface area contributed by atoms with Crippen molar-refractivity contribution in [1.29, 1.82) is 0 Å². The predicted molar refractivity (Wildman–Crippen MR) is 70.2 cm³/mol. The van der Waals surface area contributed by atoms with Gasteiger partial charge in [-0.05, 0) is 32.4 Å². The van der Waals surface area contributed by atoms with E-state index in [2.05, 4.69) is 31.3 Å². The highest BCUT2D eigenvalue weighted by molar-refractivity contribution is 5.81. The number of carbonyl (C=O) groups excluding carboxylic acids is 1. The normalized spacial score (nSPS) is 10.5. The Morgan fingerprint density at radius 1 is 1.41 bits per heavy atom. The number of ether oxygens (including phenoxy) is 1. The largest absolute Gasteiger partial charge is 0.463 e. The number of esters is 1. The van der Waals surface area contributed by atoms with Crippen LogP contribution in [0.3, 0.4) is 0 Å². The van der Waals surface area contributed by atoms with Crippen molar-refractivity contribution in [2.24, 2.45) is 0 Å². The van der Waals surface area contributed by atoms with Crippen LogP contribution in [-0.4, -0.2) is 19.1 Å². The number of rotatable bonds is 5. The minimum absolute atomic E-state index is 0.296. The summed E-state index contributed by atoms with van der Waals surface area (Å²) < 4.78 is 4.78. The van der Waals surface area contributed by atoms with E-state index >= 15 is 0 Å². The predicted octanol–water partition coefficient (Wildman–Crippen LogP) is 2.83. The van der Waals surface area contributed by atoms with Crippen molar-refractivity contribution in [3.63, 3.8) is 0 Å². The van der Waals surface area contributed by atoms with Crippen LogP contribution in [0.15, 0.2) is 30.4 Å². The zero-order valence-electron chi connectivity index (χ0n) is 10.6. The Balaban J connectivity index is 2.43. The molecule has 1 rings (SSSR count). The molecule has 0 heterocycles. The Morgan fingerprint density at radius 3 is 2.82 bits per heavy atom. The van der Waals surface area contributed by atoms with Gasteiger partial charge in [0.15, 0.2) is 0 Å². The van der Waals surface area contributed by atoms with Gasteiger partial charge in [0.2, 0.25) is 0 Å². The third-order valence-corrected chi connectivity index (χ3v) is 2.33. The Kier molecular flexibility index (Phi) is 5.27. The molecular formula is C14H19NO2. The first-order valence-corrected chi connectivity index (χ1v) is 5.78. The summed E-state index contributed by atoms with van der Waals surface area (Å²) in [6, 6.07) is 6.23. The second kappa shape index (κ2) is 6.74. The standard InChI is InChI=1S/C14H19NO2/c1-4-17-14(16)6-5-9-15-13-8-7-11(2)10-12(13)3/h5-8,10,15H,4,9H2,1-3H3/b6-5+. The van der Waals surface area contributed by atoms with Crippen LogP contribution in [0.5, 0.6) is 0 Å². The highest BCUT2D eigenvalue weighted by Gasteiger charge is 1.96. The van der Waals surface area contributed by atoms with E-state index in [4.69, 9.17) is 4.74 Å². The van der Waals surface area contributed by atoms with Gasteiger partial charge in [-0.1, -0.05) is 23.8 Å². The van der Waals surface area contributed by atoms with Gasteiger partial charge >= 0.3 is 5.97 Å². The molecule has 0 saturated heterocycles. The average molecular weight is 233 g/mol. The van der Waals surface area contributed by atoms with Crippen molar-refractivity contribution >= 4 is 11.7 Å². The Bertz CT molecular complexity index is 411. The van der Waals surface area contributed by atoms with Crippen LogP contribution >= 0.6 is 0 Å². The summed E-state index contributed by atoms with van der Waals surface area (Å²) in [4.78, 5) is 11.0. The van der Waals surface area contributed by atoms with E-state index in [9.17, 15) is 4.79 Å². The maximum Gasteiger partial charge on any atom is 0.330 e. The van der Waals surface area contributed by atoms with Crippen LogP contribution < -0.4 is 5.32 Å². The molecule has 0 saturated carbocycles. The Morgan fingerprint density at radius 2 is 2.18 bits per heavy atom. The minimum atomic E-state index is -0.296. The number of carbonyl (C=O) groups is 1. The molecule has 0 spiro atoms. The van der Waals surface area contributed by atoms with Gasteiger partial charge in [-0.2, -0.15) is 0 Å². The lowest BCUT2D eigenvalue weighted by atomic mass is 10.1. The number of benzene rings is 1. The van der Waals surface area contributed by atoms with Crippen LogP contribution in [0, 0.1) is 13.8 Å². The molecule has 1 N–H and O–H groups in total. The molecule has 0 fully saturated rings. The van der Waals surface area contributed by atoms with Crippen molar-refractivity contribution in [2.45, 2.75) is 20.8 Å². The SMILES string of the molecule is CCOC(=O)/C=C/CNc1ccc(C)cc1C. The highest BCUT2D eigenvalue weighted by atomic mass is 16.5. The molecule has 0 unspecified atom stereocenters. The number of hydrogen-bond donors (Lipinski definition) is 1. The first-order valence-electron chi connectivity index (χ1n) is 5.78. The molecule has 0 aliphatic heterocycles. The van der Waals surface area contributed by atoms with Gasteiger partial charge in [0.05, 0.1) is 6.61 Å². The summed E-state index contributed by atoms with van der Waals surface area (Å²) in [6.45, 7) is 6.94. The molecule has 0 aliphatic rings. The second-order valence-electron chi connectivity index (χ2n) is 3.85. The van der Waals surface area contributed by atoms with Gasteiger partial charge in [0.25, 0.3) is 0 Å². The number of anilines is 1. The van der Waals surface area contributed by atoms with Gasteiger partial charge in [-0.25, -0.2) is 4.79 Å². The number of hydrogen-bond acceptors (Lipinski definition) is 3. The fourth-order valence-electron chi connectivity index (χ4n) is 1.53. The van der Waals surface area contributed by atoms with Gasteiger partial charge in [0.1, 0.15) is 0 Å². The highest BCUT2D eigenvalue weighted by Crippen LogP contribution is 2.15. The Labute approximate surface area is 102 Å². The van der Waals surface area contributed by atoms with Crippen LogP contribution in [0.1, 0.15) is 18.1 Å². The van der Waals surface area contributed by atoms with Crippen molar-refractivity contribution < 1.29 is 9.53 Å². The molecule has 0 atom stereocenters. The first-order chi connectivity index (χ1) is 8.13.